The molecule has 0 radical (unpaired) electrons. The van der Waals surface area contributed by atoms with Gasteiger partial charge in [-0.2, -0.15) is 0 Å². The van der Waals surface area contributed by atoms with Crippen molar-refractivity contribution in [3.05, 3.63) is 36.7 Å². The van der Waals surface area contributed by atoms with Crippen molar-refractivity contribution in [2.75, 3.05) is 13.2 Å². The quantitative estimate of drug-likeness (QED) is 0.700. The van der Waals surface area contributed by atoms with Gasteiger partial charge < -0.3 is 15.2 Å². The molecule has 0 aliphatic carbocycles. The SMILES string of the molecule is C=CCOc1cccnc1C(=O)NCCC(=O)O. The first-order chi connectivity index (χ1) is 8.65. The Kier molecular flexibility index (Phi) is 5.37. The fraction of sp³-hybridized carbons (Fsp3) is 0.250. The number of hydrogen-bond donors (Lipinski definition) is 2. The zero-order chi connectivity index (χ0) is 13.4. The van der Waals surface area contributed by atoms with Crippen LogP contribution in [0.4, 0.5) is 0 Å². The minimum absolute atomic E-state index is 0.0473. The van der Waals surface area contributed by atoms with Gasteiger partial charge in [0.05, 0.1) is 6.42 Å². The number of nitrogens with one attached hydrogen (secondary N) is 1. The molecule has 6 nitrogen and oxygen atoms in total. The van der Waals surface area contributed by atoms with Crippen molar-refractivity contribution >= 4 is 11.9 Å². The van der Waals surface area contributed by atoms with E-state index in [1.54, 1.807) is 18.2 Å². The molecule has 6 heteroatoms. The maximum absolute atomic E-state index is 11.7. The predicted octanol–water partition coefficient (Wildman–Crippen LogP) is 0.851. The maximum Gasteiger partial charge on any atom is 0.305 e. The number of carboxylic acids is 1. The molecule has 18 heavy (non-hydrogen) atoms. The predicted molar refractivity (Wildman–Crippen MR) is 64.5 cm³/mol. The standard InChI is InChI=1S/C12H14N2O4/c1-2-8-18-9-4-3-6-13-11(9)12(17)14-7-5-10(15)16/h2-4,6H,1,5,7-8H2,(H,14,17)(H,15,16). The number of carbonyl (C=O) groups is 2. The van der Waals surface area contributed by atoms with E-state index in [1.165, 1.54) is 6.20 Å². The van der Waals surface area contributed by atoms with Crippen LogP contribution in [0.1, 0.15) is 16.9 Å². The van der Waals surface area contributed by atoms with Gasteiger partial charge in [0.25, 0.3) is 5.91 Å². The molecule has 1 aromatic rings. The molecule has 0 saturated carbocycles. The summed E-state index contributed by atoms with van der Waals surface area (Å²) in [5.74, 6) is -1.10. The third kappa shape index (κ3) is 4.25. The fourth-order valence-electron chi connectivity index (χ4n) is 1.19. The molecular weight excluding hydrogens is 236 g/mol. The zero-order valence-electron chi connectivity index (χ0n) is 9.76. The van der Waals surface area contributed by atoms with Crippen molar-refractivity contribution in [3.63, 3.8) is 0 Å². The first-order valence-corrected chi connectivity index (χ1v) is 5.34. The summed E-state index contributed by atoms with van der Waals surface area (Å²) in [5, 5.41) is 10.9. The summed E-state index contributed by atoms with van der Waals surface area (Å²) in [4.78, 5) is 26.0. The van der Waals surface area contributed by atoms with Crippen molar-refractivity contribution in [1.82, 2.24) is 10.3 Å². The zero-order valence-corrected chi connectivity index (χ0v) is 9.76. The Morgan fingerprint density at radius 2 is 2.33 bits per heavy atom. The van der Waals surface area contributed by atoms with Crippen LogP contribution in [-0.2, 0) is 4.79 Å². The Hall–Kier alpha value is -2.37. The van der Waals surface area contributed by atoms with E-state index in [4.69, 9.17) is 9.84 Å². The number of aromatic nitrogens is 1. The van der Waals surface area contributed by atoms with Gasteiger partial charge in [-0.15, -0.1) is 0 Å². The number of pyridine rings is 1. The van der Waals surface area contributed by atoms with E-state index in [9.17, 15) is 9.59 Å². The van der Waals surface area contributed by atoms with Crippen LogP contribution < -0.4 is 10.1 Å². The molecule has 1 aromatic heterocycles. The second-order valence-electron chi connectivity index (χ2n) is 3.35. The molecule has 2 N–H and O–H groups in total. The van der Waals surface area contributed by atoms with Gasteiger partial charge in [-0.3, -0.25) is 9.59 Å². The van der Waals surface area contributed by atoms with E-state index in [1.807, 2.05) is 0 Å². The lowest BCUT2D eigenvalue weighted by Crippen LogP contribution is -2.27. The van der Waals surface area contributed by atoms with Gasteiger partial charge in [-0.05, 0) is 12.1 Å². The molecule has 0 atom stereocenters. The second-order valence-corrected chi connectivity index (χ2v) is 3.35. The highest BCUT2D eigenvalue weighted by Crippen LogP contribution is 2.14. The highest BCUT2D eigenvalue weighted by Gasteiger charge is 2.13. The summed E-state index contributed by atoms with van der Waals surface area (Å²) >= 11 is 0. The molecular formula is C12H14N2O4. The summed E-state index contributed by atoms with van der Waals surface area (Å²) in [6.07, 6.45) is 2.88. The summed E-state index contributed by atoms with van der Waals surface area (Å²) in [6, 6.07) is 3.26. The van der Waals surface area contributed by atoms with Crippen molar-refractivity contribution in [2.45, 2.75) is 6.42 Å². The molecule has 0 saturated heterocycles. The number of aliphatic carboxylic acids is 1. The van der Waals surface area contributed by atoms with Crippen molar-refractivity contribution in [1.29, 1.82) is 0 Å². The highest BCUT2D eigenvalue weighted by atomic mass is 16.5. The fourth-order valence-corrected chi connectivity index (χ4v) is 1.19. The number of nitrogens with zero attached hydrogens (tertiary/aromatic N) is 1. The average Bonchev–Trinajstić information content (AvgIpc) is 2.36. The van der Waals surface area contributed by atoms with Crippen LogP contribution in [0.2, 0.25) is 0 Å². The van der Waals surface area contributed by atoms with Crippen molar-refractivity contribution in [3.8, 4) is 5.75 Å². The molecule has 1 heterocycles. The molecule has 0 aliphatic heterocycles. The number of amides is 1. The van der Waals surface area contributed by atoms with E-state index < -0.39 is 11.9 Å². The van der Waals surface area contributed by atoms with Gasteiger partial charge in [-0.25, -0.2) is 4.98 Å². The first kappa shape index (κ1) is 13.7. The summed E-state index contributed by atoms with van der Waals surface area (Å²) in [6.45, 7) is 3.82. The highest BCUT2D eigenvalue weighted by molar-refractivity contribution is 5.95. The van der Waals surface area contributed by atoms with Gasteiger partial charge in [0.2, 0.25) is 0 Å². The Bertz CT molecular complexity index is 445. The molecule has 1 amide bonds. The van der Waals surface area contributed by atoms with E-state index >= 15 is 0 Å². The van der Waals surface area contributed by atoms with Gasteiger partial charge >= 0.3 is 5.97 Å². The lowest BCUT2D eigenvalue weighted by molar-refractivity contribution is -0.136. The van der Waals surface area contributed by atoms with Gasteiger partial charge in [-0.1, -0.05) is 12.7 Å². The number of rotatable bonds is 7. The molecule has 0 fully saturated rings. The molecule has 1 rings (SSSR count). The van der Waals surface area contributed by atoms with E-state index in [-0.39, 0.29) is 25.3 Å². The summed E-state index contributed by atoms with van der Waals surface area (Å²) < 4.78 is 5.28. The minimum atomic E-state index is -0.973. The number of carbonyl (C=O) groups excluding carboxylic acids is 1. The normalized spacial score (nSPS) is 9.56. The summed E-state index contributed by atoms with van der Waals surface area (Å²) in [5.41, 5.74) is 0.129. The Labute approximate surface area is 104 Å². The second kappa shape index (κ2) is 7.05. The lowest BCUT2D eigenvalue weighted by atomic mass is 10.3. The van der Waals surface area contributed by atoms with Crippen LogP contribution in [0.5, 0.6) is 5.75 Å². The molecule has 0 bridgehead atoms. The third-order valence-electron chi connectivity index (χ3n) is 1.97. The molecule has 0 aromatic carbocycles. The topological polar surface area (TPSA) is 88.5 Å². The van der Waals surface area contributed by atoms with Crippen molar-refractivity contribution in [2.24, 2.45) is 0 Å². The van der Waals surface area contributed by atoms with E-state index in [2.05, 4.69) is 16.9 Å². The Morgan fingerprint density at radius 3 is 3.00 bits per heavy atom. The molecule has 0 unspecified atom stereocenters. The molecule has 0 spiro atoms. The van der Waals surface area contributed by atoms with Crippen LogP contribution in [0.3, 0.4) is 0 Å². The van der Waals surface area contributed by atoms with Gasteiger partial charge in [0.15, 0.2) is 11.4 Å². The Morgan fingerprint density at radius 1 is 1.56 bits per heavy atom. The van der Waals surface area contributed by atoms with Crippen LogP contribution in [-0.4, -0.2) is 35.1 Å². The Balaban J connectivity index is 2.66. The van der Waals surface area contributed by atoms with Crippen LogP contribution in [0.15, 0.2) is 31.0 Å². The van der Waals surface area contributed by atoms with Crippen molar-refractivity contribution < 1.29 is 19.4 Å². The van der Waals surface area contributed by atoms with Gasteiger partial charge in [0.1, 0.15) is 6.61 Å². The minimum Gasteiger partial charge on any atom is -0.487 e. The van der Waals surface area contributed by atoms with Crippen LogP contribution in [0, 0.1) is 0 Å². The van der Waals surface area contributed by atoms with Gasteiger partial charge in [0, 0.05) is 12.7 Å². The molecule has 96 valence electrons. The number of carboxylic acid groups (broad SMARTS) is 1. The largest absolute Gasteiger partial charge is 0.487 e. The lowest BCUT2D eigenvalue weighted by Gasteiger charge is -2.08. The average molecular weight is 250 g/mol. The van der Waals surface area contributed by atoms with Crippen LogP contribution in [0.25, 0.3) is 0 Å². The monoisotopic (exact) mass is 250 g/mol. The first-order valence-electron chi connectivity index (χ1n) is 5.34. The number of hydrogen-bond acceptors (Lipinski definition) is 4. The third-order valence-corrected chi connectivity index (χ3v) is 1.97. The van der Waals surface area contributed by atoms with E-state index in [0.717, 1.165) is 0 Å². The number of ether oxygens (including phenoxy) is 1. The maximum atomic E-state index is 11.7. The van der Waals surface area contributed by atoms with Crippen LogP contribution >= 0.6 is 0 Å². The smallest absolute Gasteiger partial charge is 0.305 e. The molecule has 0 aliphatic rings. The summed E-state index contributed by atoms with van der Waals surface area (Å²) in [7, 11) is 0. The van der Waals surface area contributed by atoms with E-state index in [0.29, 0.717) is 5.75 Å².